The predicted octanol–water partition coefficient (Wildman–Crippen LogP) is 2.35. The molecule has 10 heteroatoms. The third kappa shape index (κ3) is 4.84. The molecule has 8 nitrogen and oxygen atoms in total. The number of rotatable bonds is 6. The first kappa shape index (κ1) is 20.6. The molecule has 0 unspecified atom stereocenters. The van der Waals surface area contributed by atoms with E-state index in [0.717, 1.165) is 16.7 Å². The van der Waals surface area contributed by atoms with Gasteiger partial charge in [0.15, 0.2) is 11.6 Å². The van der Waals surface area contributed by atoms with Gasteiger partial charge in [0.1, 0.15) is 5.69 Å². The first-order chi connectivity index (χ1) is 13.7. The van der Waals surface area contributed by atoms with Crippen LogP contribution in [0.15, 0.2) is 47.5 Å². The molecule has 2 aromatic heterocycles. The third-order valence-corrected chi connectivity index (χ3v) is 6.41. The highest BCUT2D eigenvalue weighted by atomic mass is 32.2. The molecule has 3 aromatic rings. The van der Waals surface area contributed by atoms with Gasteiger partial charge in [-0.25, -0.2) is 23.1 Å². The maximum atomic E-state index is 12.7. The summed E-state index contributed by atoms with van der Waals surface area (Å²) in [4.78, 5) is 34.1. The van der Waals surface area contributed by atoms with Crippen LogP contribution < -0.4 is 10.5 Å². The van der Waals surface area contributed by atoms with E-state index in [0.29, 0.717) is 11.3 Å². The largest absolute Gasteiger partial charge is 0.382 e. The maximum absolute atomic E-state index is 12.7. The van der Waals surface area contributed by atoms with Crippen molar-refractivity contribution >= 4 is 38.9 Å². The minimum atomic E-state index is -3.92. The van der Waals surface area contributed by atoms with Gasteiger partial charge in [0.2, 0.25) is 5.91 Å². The Kier molecular flexibility index (Phi) is 5.76. The first-order valence-corrected chi connectivity index (χ1v) is 10.8. The highest BCUT2D eigenvalue weighted by molar-refractivity contribution is 7.90. The van der Waals surface area contributed by atoms with Crippen LogP contribution in [0.2, 0.25) is 0 Å². The molecule has 3 N–H and O–H groups in total. The van der Waals surface area contributed by atoms with Gasteiger partial charge >= 0.3 is 0 Å². The van der Waals surface area contributed by atoms with Crippen molar-refractivity contribution in [1.82, 2.24) is 14.7 Å². The number of hydrogen-bond acceptors (Lipinski definition) is 8. The van der Waals surface area contributed by atoms with Crippen LogP contribution in [0.3, 0.4) is 0 Å². The summed E-state index contributed by atoms with van der Waals surface area (Å²) in [6.07, 6.45) is 1.51. The Morgan fingerprint density at radius 2 is 1.83 bits per heavy atom. The Bertz CT molecular complexity index is 1190. The van der Waals surface area contributed by atoms with E-state index in [4.69, 9.17) is 5.73 Å². The number of aryl methyl sites for hydroxylation is 1. The topological polar surface area (TPSA) is 132 Å². The molecular formula is C19H18N4O4S2. The van der Waals surface area contributed by atoms with E-state index in [-0.39, 0.29) is 28.6 Å². The minimum Gasteiger partial charge on any atom is -0.382 e. The third-order valence-electron chi connectivity index (χ3n) is 3.93. The zero-order valence-electron chi connectivity index (χ0n) is 15.7. The molecule has 3 rings (SSSR count). The molecule has 29 heavy (non-hydrogen) atoms. The lowest BCUT2D eigenvalue weighted by Crippen LogP contribution is -2.28. The fourth-order valence-electron chi connectivity index (χ4n) is 2.60. The maximum Gasteiger partial charge on any atom is 0.264 e. The highest BCUT2D eigenvalue weighted by Crippen LogP contribution is 2.26. The van der Waals surface area contributed by atoms with Crippen LogP contribution in [0, 0.1) is 6.92 Å². The number of nitrogens with zero attached hydrogens (tertiary/aromatic N) is 2. The average Bonchev–Trinajstić information content (AvgIpc) is 3.08. The molecule has 0 aliphatic carbocycles. The SMILES string of the molecule is CC(=O)NS(=O)(=O)c1ccc(CC(=O)c2nc(-c3ccc(C)s3)cnc2N)cc1. The molecule has 0 aliphatic rings. The second-order valence-corrected chi connectivity index (χ2v) is 9.28. The number of aromatic nitrogens is 2. The van der Waals surface area contributed by atoms with Gasteiger partial charge in [0, 0.05) is 18.2 Å². The lowest BCUT2D eigenvalue weighted by atomic mass is 10.1. The molecule has 150 valence electrons. The molecule has 1 amide bonds. The van der Waals surface area contributed by atoms with E-state index < -0.39 is 15.9 Å². The van der Waals surface area contributed by atoms with Gasteiger partial charge in [0.05, 0.1) is 21.7 Å². The number of ketones is 1. The fraction of sp³-hybridized carbons (Fsp3) is 0.158. The van der Waals surface area contributed by atoms with Crippen molar-refractivity contribution in [2.24, 2.45) is 0 Å². The summed E-state index contributed by atoms with van der Waals surface area (Å²) in [7, 11) is -3.92. The molecule has 0 bridgehead atoms. The number of nitrogens with one attached hydrogen (secondary N) is 1. The van der Waals surface area contributed by atoms with Crippen LogP contribution in [0.4, 0.5) is 5.82 Å². The number of carbonyl (C=O) groups is 2. The second-order valence-electron chi connectivity index (χ2n) is 6.30. The van der Waals surface area contributed by atoms with Gasteiger partial charge in [-0.1, -0.05) is 12.1 Å². The number of nitrogens with two attached hydrogens (primary N) is 1. The Hall–Kier alpha value is -3.11. The summed E-state index contributed by atoms with van der Waals surface area (Å²) in [6, 6.07) is 9.52. The van der Waals surface area contributed by atoms with E-state index in [1.54, 1.807) is 0 Å². The molecule has 0 atom stereocenters. The predicted molar refractivity (Wildman–Crippen MR) is 110 cm³/mol. The molecule has 0 saturated carbocycles. The monoisotopic (exact) mass is 430 g/mol. The van der Waals surface area contributed by atoms with Gasteiger partial charge in [0.25, 0.3) is 10.0 Å². The smallest absolute Gasteiger partial charge is 0.264 e. The second kappa shape index (κ2) is 8.10. The molecule has 0 radical (unpaired) electrons. The molecule has 0 aliphatic heterocycles. The van der Waals surface area contributed by atoms with Crippen molar-refractivity contribution in [3.63, 3.8) is 0 Å². The van der Waals surface area contributed by atoms with E-state index in [1.165, 1.54) is 41.8 Å². The number of amides is 1. The van der Waals surface area contributed by atoms with Crippen LogP contribution in [0.5, 0.6) is 0 Å². The number of Topliss-reactive ketones (excluding diaryl/α,β-unsaturated/α-hetero) is 1. The summed E-state index contributed by atoms with van der Waals surface area (Å²) >= 11 is 1.54. The minimum absolute atomic E-state index is 0.0216. The summed E-state index contributed by atoms with van der Waals surface area (Å²) in [5.41, 5.74) is 7.06. The Morgan fingerprint density at radius 3 is 2.41 bits per heavy atom. The van der Waals surface area contributed by atoms with Crippen molar-refractivity contribution in [1.29, 1.82) is 0 Å². The fourth-order valence-corrected chi connectivity index (χ4v) is 4.41. The lowest BCUT2D eigenvalue weighted by Gasteiger charge is -2.07. The van der Waals surface area contributed by atoms with Crippen LogP contribution in [0.1, 0.15) is 27.9 Å². The highest BCUT2D eigenvalue weighted by Gasteiger charge is 2.18. The molecule has 2 heterocycles. The van der Waals surface area contributed by atoms with E-state index >= 15 is 0 Å². The number of sulfonamides is 1. The van der Waals surface area contributed by atoms with Crippen molar-refractivity contribution in [3.05, 3.63) is 58.7 Å². The Balaban J connectivity index is 1.81. The van der Waals surface area contributed by atoms with Gasteiger partial charge in [-0.05, 0) is 36.8 Å². The summed E-state index contributed by atoms with van der Waals surface area (Å²) < 4.78 is 25.9. The van der Waals surface area contributed by atoms with Gasteiger partial charge in [-0.15, -0.1) is 11.3 Å². The molecule has 0 fully saturated rings. The van der Waals surface area contributed by atoms with Crippen LogP contribution >= 0.6 is 11.3 Å². The van der Waals surface area contributed by atoms with Gasteiger partial charge in [-0.3, -0.25) is 9.59 Å². The normalized spacial score (nSPS) is 11.2. The van der Waals surface area contributed by atoms with E-state index in [1.807, 2.05) is 23.8 Å². The van der Waals surface area contributed by atoms with Crippen LogP contribution in [0.25, 0.3) is 10.6 Å². The van der Waals surface area contributed by atoms with Gasteiger partial charge in [-0.2, -0.15) is 0 Å². The zero-order valence-corrected chi connectivity index (χ0v) is 17.3. The summed E-state index contributed by atoms with van der Waals surface area (Å²) in [5.74, 6) is -0.974. The summed E-state index contributed by atoms with van der Waals surface area (Å²) in [6.45, 7) is 3.09. The number of thiophene rings is 1. The molecule has 0 spiro atoms. The quantitative estimate of drug-likeness (QED) is 0.574. The Labute approximate surface area is 171 Å². The number of hydrogen-bond donors (Lipinski definition) is 2. The van der Waals surface area contributed by atoms with Crippen molar-refractivity contribution in [3.8, 4) is 10.6 Å². The number of nitrogen functional groups attached to an aromatic ring is 1. The number of carbonyl (C=O) groups excluding carboxylic acids is 2. The molecular weight excluding hydrogens is 412 g/mol. The van der Waals surface area contributed by atoms with E-state index in [2.05, 4.69) is 9.97 Å². The first-order valence-electron chi connectivity index (χ1n) is 8.50. The summed E-state index contributed by atoms with van der Waals surface area (Å²) in [5, 5.41) is 0. The number of anilines is 1. The standard InChI is InChI=1S/C19H18N4O4S2/c1-11-3-8-17(28-11)15-10-21-19(20)18(22-15)16(25)9-13-4-6-14(7-5-13)29(26,27)23-12(2)24/h3-8,10H,9H2,1-2H3,(H2,20,21)(H,23,24). The Morgan fingerprint density at radius 1 is 1.14 bits per heavy atom. The van der Waals surface area contributed by atoms with E-state index in [9.17, 15) is 18.0 Å². The van der Waals surface area contributed by atoms with Crippen LogP contribution in [-0.2, 0) is 21.2 Å². The lowest BCUT2D eigenvalue weighted by molar-refractivity contribution is -0.117. The zero-order chi connectivity index (χ0) is 21.2. The van der Waals surface area contributed by atoms with Crippen molar-refractivity contribution in [2.75, 3.05) is 5.73 Å². The van der Waals surface area contributed by atoms with Gasteiger partial charge < -0.3 is 5.73 Å². The van der Waals surface area contributed by atoms with Crippen LogP contribution in [-0.4, -0.2) is 30.1 Å². The van der Waals surface area contributed by atoms with Crippen molar-refractivity contribution in [2.45, 2.75) is 25.2 Å². The average molecular weight is 431 g/mol. The number of benzene rings is 1. The van der Waals surface area contributed by atoms with Crippen molar-refractivity contribution < 1.29 is 18.0 Å². The molecule has 0 saturated heterocycles. The molecule has 1 aromatic carbocycles.